The van der Waals surface area contributed by atoms with Gasteiger partial charge in [-0.3, -0.25) is 9.97 Å². The van der Waals surface area contributed by atoms with E-state index < -0.39 is 5.97 Å². The quantitative estimate of drug-likeness (QED) is 0.887. The molecule has 114 valence electrons. The van der Waals surface area contributed by atoms with Crippen molar-refractivity contribution in [2.45, 2.75) is 38.8 Å². The maximum atomic E-state index is 11.0. The topological polar surface area (TPSA) is 75.1 Å². The highest BCUT2D eigenvalue weighted by molar-refractivity contribution is 5.87. The minimum absolute atomic E-state index is 0.219. The fraction of sp³-hybridized carbons (Fsp3) is 0.353. The molecule has 1 atom stereocenters. The summed E-state index contributed by atoms with van der Waals surface area (Å²) in [6.45, 7) is 2.71. The number of fused-ring (bicyclic) bond motifs is 1. The zero-order chi connectivity index (χ0) is 15.5. The van der Waals surface area contributed by atoms with Crippen LogP contribution in [-0.2, 0) is 19.4 Å². The van der Waals surface area contributed by atoms with E-state index >= 15 is 0 Å². The molecule has 0 radical (unpaired) electrons. The van der Waals surface area contributed by atoms with Gasteiger partial charge < -0.3 is 10.4 Å². The molecular formula is C17H19N3O2. The number of aromatic carboxylic acids is 1. The molecule has 0 spiro atoms. The minimum Gasteiger partial charge on any atom is -0.478 e. The van der Waals surface area contributed by atoms with Gasteiger partial charge >= 0.3 is 5.97 Å². The molecule has 2 heterocycles. The molecule has 0 fully saturated rings. The van der Waals surface area contributed by atoms with Crippen LogP contribution in [0.15, 0.2) is 30.6 Å². The molecule has 1 aliphatic carbocycles. The first-order chi connectivity index (χ1) is 10.7. The van der Waals surface area contributed by atoms with Crippen molar-refractivity contribution in [1.82, 2.24) is 15.3 Å². The van der Waals surface area contributed by atoms with Crippen LogP contribution in [0.25, 0.3) is 0 Å². The van der Waals surface area contributed by atoms with Gasteiger partial charge in [0.25, 0.3) is 0 Å². The van der Waals surface area contributed by atoms with E-state index in [1.165, 1.54) is 23.4 Å². The number of carbonyl (C=O) groups is 1. The van der Waals surface area contributed by atoms with Gasteiger partial charge in [-0.05, 0) is 48.6 Å². The van der Waals surface area contributed by atoms with Crippen LogP contribution in [0.2, 0.25) is 0 Å². The number of aromatic nitrogens is 2. The van der Waals surface area contributed by atoms with Crippen molar-refractivity contribution in [3.63, 3.8) is 0 Å². The average Bonchev–Trinajstić information content (AvgIpc) is 2.96. The summed E-state index contributed by atoms with van der Waals surface area (Å²) in [5, 5.41) is 12.5. The summed E-state index contributed by atoms with van der Waals surface area (Å²) in [4.78, 5) is 19.7. The number of carboxylic acid groups (broad SMARTS) is 1. The third-order valence-electron chi connectivity index (χ3n) is 4.17. The Morgan fingerprint density at radius 2 is 2.18 bits per heavy atom. The number of nitrogens with one attached hydrogen (secondary N) is 1. The van der Waals surface area contributed by atoms with Gasteiger partial charge in [-0.15, -0.1) is 0 Å². The normalized spacial score (nSPS) is 16.5. The van der Waals surface area contributed by atoms with Crippen LogP contribution < -0.4 is 5.32 Å². The van der Waals surface area contributed by atoms with Crippen LogP contribution in [0.1, 0.15) is 52.3 Å². The second kappa shape index (κ2) is 6.23. The summed E-state index contributed by atoms with van der Waals surface area (Å²) < 4.78 is 0. The van der Waals surface area contributed by atoms with Gasteiger partial charge in [0.15, 0.2) is 0 Å². The maximum Gasteiger partial charge on any atom is 0.335 e. The molecule has 22 heavy (non-hydrogen) atoms. The van der Waals surface area contributed by atoms with E-state index in [1.54, 1.807) is 6.07 Å². The predicted molar refractivity (Wildman–Crippen MR) is 82.7 cm³/mol. The lowest BCUT2D eigenvalue weighted by Gasteiger charge is -2.13. The van der Waals surface area contributed by atoms with Gasteiger partial charge in [0, 0.05) is 18.9 Å². The monoisotopic (exact) mass is 297 g/mol. The van der Waals surface area contributed by atoms with Gasteiger partial charge in [-0.2, -0.15) is 0 Å². The van der Waals surface area contributed by atoms with Crippen molar-refractivity contribution >= 4 is 5.97 Å². The van der Waals surface area contributed by atoms with E-state index in [4.69, 9.17) is 5.11 Å². The Morgan fingerprint density at radius 1 is 1.36 bits per heavy atom. The van der Waals surface area contributed by atoms with E-state index in [2.05, 4.69) is 28.3 Å². The van der Waals surface area contributed by atoms with Crippen LogP contribution in [-0.4, -0.2) is 21.0 Å². The SMILES string of the molecule is CCc1ccnc2c1CCC2NCc1cc(C(=O)O)ccn1. The largest absolute Gasteiger partial charge is 0.478 e. The first-order valence-electron chi connectivity index (χ1n) is 7.57. The Bertz CT molecular complexity index is 700. The highest BCUT2D eigenvalue weighted by Crippen LogP contribution is 2.31. The molecule has 5 heteroatoms. The van der Waals surface area contributed by atoms with Gasteiger partial charge in [0.1, 0.15) is 0 Å². The molecule has 0 amide bonds. The number of carboxylic acids is 1. The van der Waals surface area contributed by atoms with Crippen molar-refractivity contribution in [3.8, 4) is 0 Å². The van der Waals surface area contributed by atoms with Crippen LogP contribution in [0.3, 0.4) is 0 Å². The Hall–Kier alpha value is -2.27. The number of pyridine rings is 2. The average molecular weight is 297 g/mol. The van der Waals surface area contributed by atoms with E-state index in [0.29, 0.717) is 6.54 Å². The summed E-state index contributed by atoms with van der Waals surface area (Å²) in [7, 11) is 0. The number of hydrogen-bond acceptors (Lipinski definition) is 4. The smallest absolute Gasteiger partial charge is 0.335 e. The first kappa shape index (κ1) is 14.7. The standard InChI is InChI=1S/C17H19N3O2/c1-2-11-5-8-19-16-14(11)3-4-15(16)20-10-13-9-12(17(21)22)6-7-18-13/h5-9,15,20H,2-4,10H2,1H3,(H,21,22). The number of aryl methyl sites for hydroxylation is 1. The molecule has 2 N–H and O–H groups in total. The summed E-state index contributed by atoms with van der Waals surface area (Å²) in [6, 6.07) is 5.43. The zero-order valence-corrected chi connectivity index (χ0v) is 12.5. The maximum absolute atomic E-state index is 11.0. The summed E-state index contributed by atoms with van der Waals surface area (Å²) in [6.07, 6.45) is 6.52. The molecule has 1 unspecified atom stereocenters. The number of rotatable bonds is 5. The lowest BCUT2D eigenvalue weighted by Crippen LogP contribution is -2.20. The van der Waals surface area contributed by atoms with E-state index in [1.807, 2.05) is 6.20 Å². The van der Waals surface area contributed by atoms with E-state index in [9.17, 15) is 4.79 Å². The van der Waals surface area contributed by atoms with Crippen molar-refractivity contribution in [3.05, 3.63) is 58.7 Å². The fourth-order valence-corrected chi connectivity index (χ4v) is 3.03. The molecule has 0 aliphatic heterocycles. The van der Waals surface area contributed by atoms with Gasteiger partial charge in [0.2, 0.25) is 0 Å². The third-order valence-corrected chi connectivity index (χ3v) is 4.17. The third kappa shape index (κ3) is 2.85. The van der Waals surface area contributed by atoms with Crippen LogP contribution in [0.5, 0.6) is 0 Å². The van der Waals surface area contributed by atoms with Crippen LogP contribution >= 0.6 is 0 Å². The Morgan fingerprint density at radius 3 is 2.95 bits per heavy atom. The zero-order valence-electron chi connectivity index (χ0n) is 12.5. The second-order valence-electron chi connectivity index (χ2n) is 5.50. The fourth-order valence-electron chi connectivity index (χ4n) is 3.03. The Kier molecular flexibility index (Phi) is 4.15. The molecular weight excluding hydrogens is 278 g/mol. The molecule has 0 saturated heterocycles. The van der Waals surface area contributed by atoms with E-state index in [-0.39, 0.29) is 11.6 Å². The molecule has 0 bridgehead atoms. The molecule has 2 aromatic heterocycles. The minimum atomic E-state index is -0.927. The molecule has 0 saturated carbocycles. The number of nitrogens with zero attached hydrogens (tertiary/aromatic N) is 2. The molecule has 0 aromatic carbocycles. The summed E-state index contributed by atoms with van der Waals surface area (Å²) in [5.41, 5.74) is 4.88. The lowest BCUT2D eigenvalue weighted by molar-refractivity contribution is 0.0696. The second-order valence-corrected chi connectivity index (χ2v) is 5.50. The molecule has 2 aromatic rings. The van der Waals surface area contributed by atoms with Gasteiger partial charge in [0.05, 0.1) is 23.0 Å². The molecule has 3 rings (SSSR count). The van der Waals surface area contributed by atoms with E-state index in [0.717, 1.165) is 30.7 Å². The highest BCUT2D eigenvalue weighted by Gasteiger charge is 2.25. The van der Waals surface area contributed by atoms with Crippen molar-refractivity contribution in [2.24, 2.45) is 0 Å². The summed E-state index contributed by atoms with van der Waals surface area (Å²) in [5.74, 6) is -0.927. The molecule has 5 nitrogen and oxygen atoms in total. The van der Waals surface area contributed by atoms with Crippen LogP contribution in [0.4, 0.5) is 0 Å². The Labute approximate surface area is 129 Å². The summed E-state index contributed by atoms with van der Waals surface area (Å²) >= 11 is 0. The van der Waals surface area contributed by atoms with Crippen molar-refractivity contribution < 1.29 is 9.90 Å². The Balaban J connectivity index is 1.72. The van der Waals surface area contributed by atoms with Crippen LogP contribution in [0, 0.1) is 0 Å². The van der Waals surface area contributed by atoms with Crippen molar-refractivity contribution in [2.75, 3.05) is 0 Å². The molecule has 1 aliphatic rings. The van der Waals surface area contributed by atoms with Gasteiger partial charge in [-0.1, -0.05) is 6.92 Å². The van der Waals surface area contributed by atoms with Crippen molar-refractivity contribution in [1.29, 1.82) is 0 Å². The first-order valence-corrected chi connectivity index (χ1v) is 7.57. The van der Waals surface area contributed by atoms with Gasteiger partial charge in [-0.25, -0.2) is 4.79 Å². The lowest BCUT2D eigenvalue weighted by atomic mass is 10.1. The highest BCUT2D eigenvalue weighted by atomic mass is 16.4. The predicted octanol–water partition coefficient (Wildman–Crippen LogP) is 2.51. The number of hydrogen-bond donors (Lipinski definition) is 2.